The van der Waals surface area contributed by atoms with Crippen LogP contribution in [0.15, 0.2) is 0 Å². The van der Waals surface area contributed by atoms with E-state index < -0.39 is 5.97 Å². The van der Waals surface area contributed by atoms with E-state index in [1.807, 2.05) is 0 Å². The van der Waals surface area contributed by atoms with E-state index in [-0.39, 0.29) is 24.0 Å². The Bertz CT molecular complexity index is 367. The van der Waals surface area contributed by atoms with Gasteiger partial charge in [0.2, 0.25) is 0 Å². The summed E-state index contributed by atoms with van der Waals surface area (Å²) in [6.45, 7) is 11.9. The van der Waals surface area contributed by atoms with E-state index in [2.05, 4.69) is 13.8 Å². The molecule has 1 N–H and O–H groups in total. The quantitative estimate of drug-likeness (QED) is 0.415. The molecule has 0 aromatic carbocycles. The molecule has 0 fully saturated rings. The van der Waals surface area contributed by atoms with Gasteiger partial charge in [0.1, 0.15) is 6.10 Å². The van der Waals surface area contributed by atoms with Crippen molar-refractivity contribution < 1.29 is 33.7 Å². The second kappa shape index (κ2) is 22.4. The Kier molecular flexibility index (Phi) is 25.0. The van der Waals surface area contributed by atoms with E-state index in [1.165, 1.54) is 6.92 Å². The summed E-state index contributed by atoms with van der Waals surface area (Å²) in [6.07, 6.45) is 5.33. The molecule has 0 amide bonds. The predicted octanol–water partition coefficient (Wildman–Crippen LogP) is 4.22. The zero-order valence-electron chi connectivity index (χ0n) is 18.2. The van der Waals surface area contributed by atoms with Gasteiger partial charge >= 0.3 is 17.9 Å². The van der Waals surface area contributed by atoms with Gasteiger partial charge in [-0.2, -0.15) is 0 Å². The summed E-state index contributed by atoms with van der Waals surface area (Å²) in [6, 6.07) is 0. The molecule has 7 nitrogen and oxygen atoms in total. The fourth-order valence-electron chi connectivity index (χ4n) is 1.62. The van der Waals surface area contributed by atoms with E-state index in [0.29, 0.717) is 19.6 Å². The lowest BCUT2D eigenvalue weighted by molar-refractivity contribution is -0.147. The number of carboxylic acid groups (broad SMARTS) is 1. The van der Waals surface area contributed by atoms with Crippen LogP contribution in [0.25, 0.3) is 0 Å². The van der Waals surface area contributed by atoms with E-state index in [0.717, 1.165) is 32.1 Å². The standard InChI is InChI=1S/2C7H14O2.C6H12O3/c1-3-4-5-6(2)7(8)9;1-3-5-6-9-7(8)4-2;1-5(4-8-3)9-6(2)7/h6H,3-5H2,1-2H3,(H,8,9);3-6H2,1-2H3;5H,4H2,1-3H3. The van der Waals surface area contributed by atoms with Crippen LogP contribution in [0, 0.1) is 5.92 Å². The fourth-order valence-corrected chi connectivity index (χ4v) is 1.62. The third kappa shape index (κ3) is 29.4. The molecule has 0 radical (unpaired) electrons. The lowest BCUT2D eigenvalue weighted by atomic mass is 10.1. The minimum atomic E-state index is -0.677. The average Bonchev–Trinajstić information content (AvgIpc) is 2.60. The number of aliphatic carboxylic acids is 1. The SMILES string of the molecule is CCCCC(C)C(=O)O.CCCCOC(=O)CC.COCC(C)OC(C)=O. The summed E-state index contributed by atoms with van der Waals surface area (Å²) in [5.74, 6) is -1.20. The molecule has 0 bridgehead atoms. The minimum absolute atomic E-state index is 0.0940. The number of carboxylic acids is 1. The van der Waals surface area contributed by atoms with Gasteiger partial charge in [0, 0.05) is 20.5 Å². The molecule has 0 aromatic heterocycles. The molecule has 162 valence electrons. The Morgan fingerprint density at radius 3 is 1.93 bits per heavy atom. The predicted molar refractivity (Wildman–Crippen MR) is 106 cm³/mol. The first-order valence-electron chi connectivity index (χ1n) is 9.70. The average molecular weight is 393 g/mol. The largest absolute Gasteiger partial charge is 0.481 e. The molecule has 0 aliphatic rings. The molecule has 0 aromatic rings. The van der Waals surface area contributed by atoms with Crippen LogP contribution in [-0.2, 0) is 28.6 Å². The fraction of sp³-hybridized carbons (Fsp3) is 0.850. The Morgan fingerprint density at radius 2 is 1.56 bits per heavy atom. The summed E-state index contributed by atoms with van der Waals surface area (Å²) in [5.41, 5.74) is 0. The van der Waals surface area contributed by atoms with Crippen molar-refractivity contribution in [2.45, 2.75) is 86.2 Å². The normalized spacial score (nSPS) is 11.7. The molecule has 0 aliphatic heterocycles. The number of ether oxygens (including phenoxy) is 3. The summed E-state index contributed by atoms with van der Waals surface area (Å²) in [5, 5.41) is 8.41. The first kappa shape index (κ1) is 30.1. The number of carbonyl (C=O) groups is 3. The highest BCUT2D eigenvalue weighted by Crippen LogP contribution is 2.06. The molecule has 2 atom stereocenters. The van der Waals surface area contributed by atoms with Gasteiger partial charge < -0.3 is 19.3 Å². The maximum atomic E-state index is 10.5. The van der Waals surface area contributed by atoms with Crippen LogP contribution in [0.3, 0.4) is 0 Å². The van der Waals surface area contributed by atoms with Crippen molar-refractivity contribution in [2.24, 2.45) is 5.92 Å². The molecule has 2 unspecified atom stereocenters. The van der Waals surface area contributed by atoms with Gasteiger partial charge in [0.15, 0.2) is 0 Å². The van der Waals surface area contributed by atoms with Crippen LogP contribution in [0.1, 0.15) is 80.1 Å². The van der Waals surface area contributed by atoms with Crippen LogP contribution in [0.5, 0.6) is 0 Å². The number of carbonyl (C=O) groups excluding carboxylic acids is 2. The summed E-state index contributed by atoms with van der Waals surface area (Å²) >= 11 is 0. The van der Waals surface area contributed by atoms with Crippen molar-refractivity contribution >= 4 is 17.9 Å². The number of methoxy groups -OCH3 is 1. The Labute approximate surface area is 164 Å². The van der Waals surface area contributed by atoms with E-state index >= 15 is 0 Å². The molecule has 0 rings (SSSR count). The van der Waals surface area contributed by atoms with Crippen molar-refractivity contribution in [3.8, 4) is 0 Å². The van der Waals surface area contributed by atoms with Crippen molar-refractivity contribution in [3.05, 3.63) is 0 Å². The number of esters is 2. The second-order valence-electron chi connectivity index (χ2n) is 6.18. The minimum Gasteiger partial charge on any atom is -0.481 e. The smallest absolute Gasteiger partial charge is 0.306 e. The Morgan fingerprint density at radius 1 is 1.00 bits per heavy atom. The maximum Gasteiger partial charge on any atom is 0.306 e. The van der Waals surface area contributed by atoms with Crippen molar-refractivity contribution in [3.63, 3.8) is 0 Å². The third-order valence-electron chi connectivity index (χ3n) is 3.23. The summed E-state index contributed by atoms with van der Waals surface area (Å²) in [4.78, 5) is 30.9. The van der Waals surface area contributed by atoms with Gasteiger partial charge in [-0.3, -0.25) is 14.4 Å². The lowest BCUT2D eigenvalue weighted by Crippen LogP contribution is -2.17. The summed E-state index contributed by atoms with van der Waals surface area (Å²) in [7, 11) is 1.57. The summed E-state index contributed by atoms with van der Waals surface area (Å²) < 4.78 is 14.2. The van der Waals surface area contributed by atoms with E-state index in [9.17, 15) is 14.4 Å². The van der Waals surface area contributed by atoms with Crippen LogP contribution < -0.4 is 0 Å². The van der Waals surface area contributed by atoms with Gasteiger partial charge in [0.05, 0.1) is 19.1 Å². The van der Waals surface area contributed by atoms with Crippen LogP contribution in [0.2, 0.25) is 0 Å². The van der Waals surface area contributed by atoms with Crippen molar-refractivity contribution in [1.82, 2.24) is 0 Å². The highest BCUT2D eigenvalue weighted by Gasteiger charge is 2.08. The van der Waals surface area contributed by atoms with Crippen LogP contribution in [-0.4, -0.2) is 49.4 Å². The zero-order chi connectivity index (χ0) is 21.7. The molecule has 0 saturated carbocycles. The van der Waals surface area contributed by atoms with Gasteiger partial charge in [-0.15, -0.1) is 0 Å². The van der Waals surface area contributed by atoms with Crippen LogP contribution >= 0.6 is 0 Å². The lowest BCUT2D eigenvalue weighted by Gasteiger charge is -2.08. The Hall–Kier alpha value is -1.63. The first-order chi connectivity index (χ1) is 12.7. The van der Waals surface area contributed by atoms with E-state index in [1.54, 1.807) is 27.9 Å². The monoisotopic (exact) mass is 392 g/mol. The first-order valence-corrected chi connectivity index (χ1v) is 9.70. The molecular weight excluding hydrogens is 352 g/mol. The molecule has 7 heteroatoms. The van der Waals surface area contributed by atoms with E-state index in [4.69, 9.17) is 19.3 Å². The number of rotatable bonds is 11. The molecule has 0 aliphatic carbocycles. The molecule has 0 saturated heterocycles. The van der Waals surface area contributed by atoms with Crippen molar-refractivity contribution in [1.29, 1.82) is 0 Å². The van der Waals surface area contributed by atoms with Gasteiger partial charge in [-0.25, -0.2) is 0 Å². The molecule has 0 spiro atoms. The number of unbranched alkanes of at least 4 members (excludes halogenated alkanes) is 2. The molecule has 0 heterocycles. The highest BCUT2D eigenvalue weighted by atomic mass is 16.6. The molecular formula is C20H40O7. The van der Waals surface area contributed by atoms with Gasteiger partial charge in [0.25, 0.3) is 0 Å². The number of hydrogen-bond acceptors (Lipinski definition) is 6. The van der Waals surface area contributed by atoms with Gasteiger partial charge in [-0.05, 0) is 19.8 Å². The maximum absolute atomic E-state index is 10.5. The second-order valence-corrected chi connectivity index (χ2v) is 6.18. The van der Waals surface area contributed by atoms with Crippen LogP contribution in [0.4, 0.5) is 0 Å². The van der Waals surface area contributed by atoms with Gasteiger partial charge in [-0.1, -0.05) is 47.0 Å². The third-order valence-corrected chi connectivity index (χ3v) is 3.23. The highest BCUT2D eigenvalue weighted by molar-refractivity contribution is 5.69. The zero-order valence-corrected chi connectivity index (χ0v) is 18.2. The molecule has 27 heavy (non-hydrogen) atoms. The topological polar surface area (TPSA) is 99.1 Å². The number of hydrogen-bond donors (Lipinski definition) is 1. The Balaban J connectivity index is -0.000000320. The van der Waals surface area contributed by atoms with Crippen molar-refractivity contribution in [2.75, 3.05) is 20.3 Å².